The number of carbonyl (C=O) groups excluding carboxylic acids is 1. The molecule has 1 aromatic carbocycles. The Morgan fingerprint density at radius 1 is 1.40 bits per heavy atom. The van der Waals surface area contributed by atoms with Crippen molar-refractivity contribution in [2.45, 2.75) is 6.42 Å². The fourth-order valence-electron chi connectivity index (χ4n) is 1.39. The van der Waals surface area contributed by atoms with Crippen LogP contribution in [0.25, 0.3) is 0 Å². The predicted molar refractivity (Wildman–Crippen MR) is 57.1 cm³/mol. The van der Waals surface area contributed by atoms with Crippen LogP contribution in [0.4, 0.5) is 0 Å². The molecule has 0 unspecified atom stereocenters. The molecule has 0 amide bonds. The highest BCUT2D eigenvalue weighted by molar-refractivity contribution is 6.01. The second-order valence-corrected chi connectivity index (χ2v) is 3.08. The molecule has 0 saturated heterocycles. The van der Waals surface area contributed by atoms with Crippen LogP contribution in [0.1, 0.15) is 15.9 Å². The number of aromatic hydroxyl groups is 2. The van der Waals surface area contributed by atoms with Gasteiger partial charge in [0.1, 0.15) is 11.5 Å². The number of phenolic OH excluding ortho intramolecular Hbond substituents is 2. The highest BCUT2D eigenvalue weighted by Gasteiger charge is 2.17. The quantitative estimate of drug-likeness (QED) is 0.390. The molecule has 0 radical (unpaired) electrons. The molecule has 80 valence electrons. The summed E-state index contributed by atoms with van der Waals surface area (Å²) in [6.45, 7) is 3.31. The molecule has 0 aliphatic rings. The lowest BCUT2D eigenvalue weighted by molar-refractivity contribution is 0.0997. The topological polar surface area (TPSA) is 83.5 Å². The third kappa shape index (κ3) is 2.16. The number of allylic oxidation sites excluding steroid dienone is 1. The molecule has 0 saturated carbocycles. The second kappa shape index (κ2) is 4.61. The van der Waals surface area contributed by atoms with E-state index in [1.165, 1.54) is 12.1 Å². The van der Waals surface area contributed by atoms with Crippen molar-refractivity contribution in [3.05, 3.63) is 35.9 Å². The van der Waals surface area contributed by atoms with Gasteiger partial charge in [-0.1, -0.05) is 6.08 Å². The zero-order chi connectivity index (χ0) is 11.4. The van der Waals surface area contributed by atoms with Gasteiger partial charge in [0.25, 0.3) is 0 Å². The molecule has 0 aromatic heterocycles. The third-order valence-corrected chi connectivity index (χ3v) is 2.08. The Morgan fingerprint density at radius 2 is 2.00 bits per heavy atom. The lowest BCUT2D eigenvalue weighted by Gasteiger charge is -2.10. The van der Waals surface area contributed by atoms with Crippen molar-refractivity contribution in [1.29, 1.82) is 0 Å². The van der Waals surface area contributed by atoms with E-state index in [1.807, 2.05) is 0 Å². The summed E-state index contributed by atoms with van der Waals surface area (Å²) in [5.74, 6) is -0.607. The number of Topliss-reactive ketones (excluding diaryl/α,β-unsaturated/α-hetero) is 1. The largest absolute Gasteiger partial charge is 0.508 e. The molecule has 0 bridgehead atoms. The number of hydrogen-bond acceptors (Lipinski definition) is 4. The zero-order valence-electron chi connectivity index (χ0n) is 8.23. The minimum Gasteiger partial charge on any atom is -0.508 e. The molecule has 1 aromatic rings. The molecule has 1 rings (SSSR count). The molecule has 0 heterocycles. The van der Waals surface area contributed by atoms with Crippen molar-refractivity contribution in [2.24, 2.45) is 5.73 Å². The van der Waals surface area contributed by atoms with E-state index in [9.17, 15) is 15.0 Å². The molecule has 0 aliphatic carbocycles. The van der Waals surface area contributed by atoms with Crippen molar-refractivity contribution in [2.75, 3.05) is 6.54 Å². The van der Waals surface area contributed by atoms with Gasteiger partial charge in [-0.3, -0.25) is 4.79 Å². The van der Waals surface area contributed by atoms with E-state index in [1.54, 1.807) is 6.08 Å². The molecule has 0 spiro atoms. The standard InChI is InChI=1S/C11H13NO3/c1-2-3-7-8(13)4-5-9(14)11(7)10(15)6-12/h2,4-5,13-14H,1,3,6,12H2. The molecule has 0 atom stereocenters. The number of benzene rings is 1. The third-order valence-electron chi connectivity index (χ3n) is 2.08. The summed E-state index contributed by atoms with van der Waals surface area (Å²) < 4.78 is 0. The molecule has 4 nitrogen and oxygen atoms in total. The highest BCUT2D eigenvalue weighted by atomic mass is 16.3. The van der Waals surface area contributed by atoms with Crippen LogP contribution in [0, 0.1) is 0 Å². The number of hydrogen-bond donors (Lipinski definition) is 3. The van der Waals surface area contributed by atoms with Crippen molar-refractivity contribution < 1.29 is 15.0 Å². The monoisotopic (exact) mass is 207 g/mol. The van der Waals surface area contributed by atoms with Gasteiger partial charge in [0.05, 0.1) is 12.1 Å². The molecule has 4 heteroatoms. The number of phenols is 2. The smallest absolute Gasteiger partial charge is 0.180 e. The molecular formula is C11H13NO3. The average molecular weight is 207 g/mol. The first-order valence-corrected chi connectivity index (χ1v) is 4.49. The first-order chi connectivity index (χ1) is 7.11. The van der Waals surface area contributed by atoms with E-state index in [0.717, 1.165) is 0 Å². The summed E-state index contributed by atoms with van der Waals surface area (Å²) in [4.78, 5) is 11.5. The Bertz CT molecular complexity index is 399. The molecule has 15 heavy (non-hydrogen) atoms. The zero-order valence-corrected chi connectivity index (χ0v) is 8.23. The van der Waals surface area contributed by atoms with E-state index < -0.39 is 5.78 Å². The Kier molecular flexibility index (Phi) is 3.46. The SMILES string of the molecule is C=CCc1c(O)ccc(O)c1C(=O)CN. The predicted octanol–water partition coefficient (Wildman–Crippen LogP) is 0.968. The van der Waals surface area contributed by atoms with Crippen LogP contribution in [0.15, 0.2) is 24.8 Å². The van der Waals surface area contributed by atoms with Gasteiger partial charge in [0.2, 0.25) is 0 Å². The van der Waals surface area contributed by atoms with Crippen molar-refractivity contribution in [3.8, 4) is 11.5 Å². The Labute approximate surface area is 87.7 Å². The van der Waals surface area contributed by atoms with Crippen molar-refractivity contribution >= 4 is 5.78 Å². The number of rotatable bonds is 4. The fourth-order valence-corrected chi connectivity index (χ4v) is 1.39. The maximum atomic E-state index is 11.5. The summed E-state index contributed by atoms with van der Waals surface area (Å²) in [6.07, 6.45) is 1.85. The first kappa shape index (κ1) is 11.3. The summed E-state index contributed by atoms with van der Waals surface area (Å²) >= 11 is 0. The van der Waals surface area contributed by atoms with E-state index >= 15 is 0 Å². The first-order valence-electron chi connectivity index (χ1n) is 4.49. The van der Waals surface area contributed by atoms with Crippen LogP contribution in [0.5, 0.6) is 11.5 Å². The maximum absolute atomic E-state index is 11.5. The van der Waals surface area contributed by atoms with Gasteiger partial charge in [0.15, 0.2) is 5.78 Å². The molecular weight excluding hydrogens is 194 g/mol. The van der Waals surface area contributed by atoms with Gasteiger partial charge in [-0.25, -0.2) is 0 Å². The van der Waals surface area contributed by atoms with Crippen LogP contribution in [-0.2, 0) is 6.42 Å². The van der Waals surface area contributed by atoms with Crippen LogP contribution in [0.2, 0.25) is 0 Å². The van der Waals surface area contributed by atoms with Gasteiger partial charge in [-0.15, -0.1) is 6.58 Å². The Morgan fingerprint density at radius 3 is 2.53 bits per heavy atom. The summed E-state index contributed by atoms with van der Waals surface area (Å²) in [7, 11) is 0. The average Bonchev–Trinajstić information content (AvgIpc) is 2.23. The van der Waals surface area contributed by atoms with Crippen LogP contribution >= 0.6 is 0 Å². The van der Waals surface area contributed by atoms with E-state index in [2.05, 4.69) is 6.58 Å². The second-order valence-electron chi connectivity index (χ2n) is 3.08. The molecule has 4 N–H and O–H groups in total. The maximum Gasteiger partial charge on any atom is 0.180 e. The van der Waals surface area contributed by atoms with Crippen LogP contribution in [0.3, 0.4) is 0 Å². The van der Waals surface area contributed by atoms with Gasteiger partial charge in [-0.05, 0) is 18.6 Å². The van der Waals surface area contributed by atoms with Crippen molar-refractivity contribution in [1.82, 2.24) is 0 Å². The van der Waals surface area contributed by atoms with E-state index in [-0.39, 0.29) is 23.6 Å². The van der Waals surface area contributed by atoms with E-state index in [0.29, 0.717) is 12.0 Å². The van der Waals surface area contributed by atoms with Gasteiger partial charge >= 0.3 is 0 Å². The lowest BCUT2D eigenvalue weighted by atomic mass is 9.98. The normalized spacial score (nSPS) is 9.93. The summed E-state index contributed by atoms with van der Waals surface area (Å²) in [5.41, 5.74) is 5.66. The van der Waals surface area contributed by atoms with Gasteiger partial charge in [-0.2, -0.15) is 0 Å². The Balaban J connectivity index is 3.37. The minimum absolute atomic E-state index is 0.0375. The van der Waals surface area contributed by atoms with Crippen LogP contribution < -0.4 is 5.73 Å². The lowest BCUT2D eigenvalue weighted by Crippen LogP contribution is -2.15. The number of carbonyl (C=O) groups is 1. The Hall–Kier alpha value is -1.81. The fraction of sp³-hybridized carbons (Fsp3) is 0.182. The van der Waals surface area contributed by atoms with E-state index in [4.69, 9.17) is 5.73 Å². The molecule has 0 aliphatic heterocycles. The number of ketones is 1. The highest BCUT2D eigenvalue weighted by Crippen LogP contribution is 2.29. The van der Waals surface area contributed by atoms with Crippen molar-refractivity contribution in [3.63, 3.8) is 0 Å². The van der Waals surface area contributed by atoms with Gasteiger partial charge < -0.3 is 15.9 Å². The minimum atomic E-state index is -0.403. The van der Waals surface area contributed by atoms with Gasteiger partial charge in [0, 0.05) is 5.56 Å². The number of nitrogens with two attached hydrogens (primary N) is 1. The summed E-state index contributed by atoms with van der Waals surface area (Å²) in [6, 6.07) is 2.60. The van der Waals surface area contributed by atoms with Crippen LogP contribution in [-0.4, -0.2) is 22.5 Å². The molecule has 0 fully saturated rings. The summed E-state index contributed by atoms with van der Waals surface area (Å²) in [5, 5.41) is 19.1.